The van der Waals surface area contributed by atoms with Crippen LogP contribution in [0.5, 0.6) is 0 Å². The number of carbonyl (C=O) groups excluding carboxylic acids is 1. The van der Waals surface area contributed by atoms with Crippen LogP contribution in [0.25, 0.3) is 0 Å². The highest BCUT2D eigenvalue weighted by atomic mass is 16.5. The Hall–Kier alpha value is -1.10. The maximum atomic E-state index is 11.0. The number of rotatable bonds is 1. The van der Waals surface area contributed by atoms with E-state index in [9.17, 15) is 9.59 Å². The van der Waals surface area contributed by atoms with Crippen molar-refractivity contribution in [1.82, 2.24) is 4.90 Å². The molecule has 1 heterocycles. The van der Waals surface area contributed by atoms with E-state index in [1.807, 2.05) is 0 Å². The molecule has 0 bridgehead atoms. The summed E-state index contributed by atoms with van der Waals surface area (Å²) in [4.78, 5) is 22.7. The molecule has 5 nitrogen and oxygen atoms in total. The third-order valence-corrected chi connectivity index (χ3v) is 2.24. The van der Waals surface area contributed by atoms with Crippen LogP contribution in [0.3, 0.4) is 0 Å². The predicted octanol–water partition coefficient (Wildman–Crippen LogP) is -0.292. The van der Waals surface area contributed by atoms with E-state index in [1.165, 1.54) is 11.9 Å². The number of nitrogens with zero attached hydrogens (tertiary/aromatic N) is 1. The summed E-state index contributed by atoms with van der Waals surface area (Å²) in [5.41, 5.74) is 0. The first-order valence-corrected chi connectivity index (χ1v) is 4.20. The van der Waals surface area contributed by atoms with Crippen LogP contribution in [0.1, 0.15) is 12.8 Å². The normalized spacial score (nSPS) is 18.2. The van der Waals surface area contributed by atoms with E-state index >= 15 is 0 Å². The fourth-order valence-corrected chi connectivity index (χ4v) is 1.39. The Morgan fingerprint density at radius 2 is 1.92 bits per heavy atom. The zero-order valence-corrected chi connectivity index (χ0v) is 7.52. The van der Waals surface area contributed by atoms with Crippen molar-refractivity contribution in [3.8, 4) is 0 Å². The largest absolute Gasteiger partial charge is 0.474 e. The average Bonchev–Trinajstić information content (AvgIpc) is 2.17. The molecule has 74 valence electrons. The Balaban J connectivity index is 2.49. The molecule has 1 aliphatic rings. The van der Waals surface area contributed by atoms with Crippen molar-refractivity contribution in [2.75, 3.05) is 20.3 Å². The van der Waals surface area contributed by atoms with E-state index in [-0.39, 0.29) is 6.04 Å². The molecular weight excluding hydrogens is 174 g/mol. The monoisotopic (exact) mass is 187 g/mol. The third kappa shape index (κ3) is 2.42. The first-order valence-electron chi connectivity index (χ1n) is 4.20. The van der Waals surface area contributed by atoms with Gasteiger partial charge in [-0.05, 0) is 12.8 Å². The van der Waals surface area contributed by atoms with Crippen LogP contribution in [0.15, 0.2) is 0 Å². The van der Waals surface area contributed by atoms with Crippen molar-refractivity contribution in [2.45, 2.75) is 18.9 Å². The van der Waals surface area contributed by atoms with Crippen molar-refractivity contribution in [1.29, 1.82) is 0 Å². The predicted molar refractivity (Wildman–Crippen MR) is 44.2 cm³/mol. The quantitative estimate of drug-likeness (QED) is 0.573. The molecule has 1 N–H and O–H groups in total. The molecule has 0 radical (unpaired) electrons. The van der Waals surface area contributed by atoms with Crippen molar-refractivity contribution in [2.24, 2.45) is 0 Å². The van der Waals surface area contributed by atoms with E-state index in [0.29, 0.717) is 13.2 Å². The minimum atomic E-state index is -1.39. The Morgan fingerprint density at radius 1 is 1.38 bits per heavy atom. The molecule has 1 fully saturated rings. The number of hydrogen-bond donors (Lipinski definition) is 1. The van der Waals surface area contributed by atoms with Crippen molar-refractivity contribution >= 4 is 11.9 Å². The highest BCUT2D eigenvalue weighted by molar-refractivity contribution is 6.31. The van der Waals surface area contributed by atoms with Gasteiger partial charge in [-0.2, -0.15) is 0 Å². The number of aliphatic carboxylic acids is 1. The van der Waals surface area contributed by atoms with E-state index in [4.69, 9.17) is 9.84 Å². The smallest absolute Gasteiger partial charge is 0.394 e. The highest BCUT2D eigenvalue weighted by Crippen LogP contribution is 2.12. The van der Waals surface area contributed by atoms with Crippen LogP contribution in [-0.2, 0) is 14.3 Å². The van der Waals surface area contributed by atoms with Gasteiger partial charge in [0.1, 0.15) is 0 Å². The molecule has 1 saturated heterocycles. The lowest BCUT2D eigenvalue weighted by molar-refractivity contribution is -0.157. The SMILES string of the molecule is CN(C(=O)C(=O)O)C1CCOCC1. The summed E-state index contributed by atoms with van der Waals surface area (Å²) in [7, 11) is 1.52. The molecule has 0 aromatic rings. The van der Waals surface area contributed by atoms with Gasteiger partial charge < -0.3 is 14.7 Å². The molecule has 0 atom stereocenters. The summed E-state index contributed by atoms with van der Waals surface area (Å²) in [6, 6.07) is 0.0114. The Bertz CT molecular complexity index is 210. The maximum Gasteiger partial charge on any atom is 0.394 e. The molecule has 1 amide bonds. The van der Waals surface area contributed by atoms with E-state index in [1.54, 1.807) is 0 Å². The number of amides is 1. The van der Waals surface area contributed by atoms with Gasteiger partial charge in [-0.15, -0.1) is 0 Å². The fraction of sp³-hybridized carbons (Fsp3) is 0.750. The lowest BCUT2D eigenvalue weighted by Gasteiger charge is -2.29. The Morgan fingerprint density at radius 3 is 2.38 bits per heavy atom. The number of likely N-dealkylation sites (N-methyl/N-ethyl adjacent to an activating group) is 1. The average molecular weight is 187 g/mol. The van der Waals surface area contributed by atoms with Gasteiger partial charge in [0.2, 0.25) is 0 Å². The third-order valence-electron chi connectivity index (χ3n) is 2.24. The van der Waals surface area contributed by atoms with Gasteiger partial charge in [-0.1, -0.05) is 0 Å². The van der Waals surface area contributed by atoms with Gasteiger partial charge in [-0.3, -0.25) is 4.79 Å². The van der Waals surface area contributed by atoms with E-state index in [0.717, 1.165) is 12.8 Å². The number of carbonyl (C=O) groups is 2. The van der Waals surface area contributed by atoms with Gasteiger partial charge in [0.05, 0.1) is 0 Å². The molecule has 0 spiro atoms. The number of hydrogen-bond acceptors (Lipinski definition) is 3. The van der Waals surface area contributed by atoms with Crippen LogP contribution < -0.4 is 0 Å². The summed E-state index contributed by atoms with van der Waals surface area (Å²) < 4.78 is 5.10. The molecule has 1 aliphatic heterocycles. The maximum absolute atomic E-state index is 11.0. The Labute approximate surface area is 76.3 Å². The molecule has 0 aromatic carbocycles. The molecular formula is C8H13NO4. The van der Waals surface area contributed by atoms with Gasteiger partial charge in [0.15, 0.2) is 0 Å². The lowest BCUT2D eigenvalue weighted by Crippen LogP contribution is -2.43. The summed E-state index contributed by atoms with van der Waals surface area (Å²) in [6.45, 7) is 1.20. The molecule has 0 aromatic heterocycles. The second-order valence-electron chi connectivity index (χ2n) is 3.06. The molecule has 0 saturated carbocycles. The van der Waals surface area contributed by atoms with Crippen LogP contribution in [0.4, 0.5) is 0 Å². The molecule has 0 unspecified atom stereocenters. The van der Waals surface area contributed by atoms with Crippen molar-refractivity contribution in [3.05, 3.63) is 0 Å². The van der Waals surface area contributed by atoms with Crippen LogP contribution in [0, 0.1) is 0 Å². The van der Waals surface area contributed by atoms with Gasteiger partial charge in [0.25, 0.3) is 0 Å². The highest BCUT2D eigenvalue weighted by Gasteiger charge is 2.26. The zero-order chi connectivity index (χ0) is 9.84. The molecule has 5 heteroatoms. The van der Waals surface area contributed by atoms with Gasteiger partial charge >= 0.3 is 11.9 Å². The van der Waals surface area contributed by atoms with Crippen molar-refractivity contribution in [3.63, 3.8) is 0 Å². The van der Waals surface area contributed by atoms with Crippen LogP contribution in [0.2, 0.25) is 0 Å². The fourth-order valence-electron chi connectivity index (χ4n) is 1.39. The standard InChI is InChI=1S/C8H13NO4/c1-9(7(10)8(11)12)6-2-4-13-5-3-6/h6H,2-5H2,1H3,(H,11,12). The second kappa shape index (κ2) is 4.23. The lowest BCUT2D eigenvalue weighted by atomic mass is 10.1. The number of carboxylic acids is 1. The first kappa shape index (κ1) is 9.98. The summed E-state index contributed by atoms with van der Waals surface area (Å²) in [5.74, 6) is -2.24. The molecule has 1 rings (SSSR count). The molecule has 13 heavy (non-hydrogen) atoms. The summed E-state index contributed by atoms with van der Waals surface area (Å²) >= 11 is 0. The summed E-state index contributed by atoms with van der Waals surface area (Å²) in [5, 5.41) is 8.46. The Kier molecular flexibility index (Phi) is 3.25. The number of ether oxygens (including phenoxy) is 1. The van der Waals surface area contributed by atoms with Gasteiger partial charge in [-0.25, -0.2) is 4.79 Å². The minimum absolute atomic E-state index is 0.0114. The van der Waals surface area contributed by atoms with Crippen molar-refractivity contribution < 1.29 is 19.4 Å². The van der Waals surface area contributed by atoms with Crippen LogP contribution >= 0.6 is 0 Å². The summed E-state index contributed by atoms with van der Waals surface area (Å²) in [6.07, 6.45) is 1.44. The number of carboxylic acid groups (broad SMARTS) is 1. The first-order chi connectivity index (χ1) is 6.13. The second-order valence-corrected chi connectivity index (χ2v) is 3.06. The van der Waals surface area contributed by atoms with E-state index < -0.39 is 11.9 Å². The zero-order valence-electron chi connectivity index (χ0n) is 7.52. The molecule has 0 aliphatic carbocycles. The van der Waals surface area contributed by atoms with E-state index in [2.05, 4.69) is 0 Å². The van der Waals surface area contributed by atoms with Crippen LogP contribution in [-0.4, -0.2) is 48.2 Å². The minimum Gasteiger partial charge on any atom is -0.474 e. The van der Waals surface area contributed by atoms with Gasteiger partial charge in [0, 0.05) is 26.3 Å². The topological polar surface area (TPSA) is 66.8 Å².